The summed E-state index contributed by atoms with van der Waals surface area (Å²) >= 11 is 0. The van der Waals surface area contributed by atoms with E-state index in [2.05, 4.69) is 11.8 Å². The highest BCUT2D eigenvalue weighted by Crippen LogP contribution is 2.44. The van der Waals surface area contributed by atoms with E-state index in [1.165, 1.54) is 23.7 Å². The molecule has 0 aliphatic rings. The largest absolute Gasteiger partial charge is 0.469 e. The van der Waals surface area contributed by atoms with Crippen LogP contribution >= 0.6 is 0 Å². The SMILES string of the molecule is Cc1ccc2c(c1)c(C[C-](S(=O)(=O)C(F)(F)F)S(=O)(=O)C(F)(F)F)c(C(O)CC#Cc1ccccc1)n2C. The molecule has 0 saturated heterocycles. The van der Waals surface area contributed by atoms with Gasteiger partial charge in [-0.15, -0.1) is 6.42 Å². The van der Waals surface area contributed by atoms with Crippen LogP contribution in [0.1, 0.15) is 34.9 Å². The van der Waals surface area contributed by atoms with Crippen molar-refractivity contribution >= 4 is 30.6 Å². The Balaban J connectivity index is 2.23. The van der Waals surface area contributed by atoms with Crippen molar-refractivity contribution in [2.45, 2.75) is 36.9 Å². The molecule has 1 unspecified atom stereocenters. The molecule has 6 nitrogen and oxygen atoms in total. The summed E-state index contributed by atoms with van der Waals surface area (Å²) in [6.45, 7) is 1.56. The first-order valence-electron chi connectivity index (χ1n) is 10.7. The van der Waals surface area contributed by atoms with Crippen molar-refractivity contribution in [1.29, 1.82) is 0 Å². The topological polar surface area (TPSA) is 93.4 Å². The molecule has 1 N–H and O–H groups in total. The van der Waals surface area contributed by atoms with Crippen LogP contribution in [0.5, 0.6) is 0 Å². The Morgan fingerprint density at radius 1 is 0.947 bits per heavy atom. The van der Waals surface area contributed by atoms with E-state index in [0.717, 1.165) is 0 Å². The Bertz CT molecular complexity index is 1570. The zero-order chi connectivity index (χ0) is 28.7. The number of sulfone groups is 2. The quantitative estimate of drug-likeness (QED) is 0.255. The average Bonchev–Trinajstić information content (AvgIpc) is 3.07. The summed E-state index contributed by atoms with van der Waals surface area (Å²) in [5, 5.41) is 10.9. The molecule has 0 bridgehead atoms. The monoisotopic (exact) mass is 580 g/mol. The number of hydrogen-bond donors (Lipinski definition) is 1. The molecule has 0 amide bonds. The van der Waals surface area contributed by atoms with Crippen LogP contribution in [-0.2, 0) is 33.1 Å². The normalized spacial score (nSPS) is 13.9. The lowest BCUT2D eigenvalue weighted by Crippen LogP contribution is -2.40. The van der Waals surface area contributed by atoms with Crippen molar-refractivity contribution in [2.75, 3.05) is 0 Å². The van der Waals surface area contributed by atoms with Crippen molar-refractivity contribution < 1.29 is 48.3 Å². The molecule has 3 rings (SSSR count). The fourth-order valence-electron chi connectivity index (χ4n) is 3.87. The number of rotatable bonds is 6. The van der Waals surface area contributed by atoms with Gasteiger partial charge in [-0.3, -0.25) is 16.8 Å². The number of nitrogens with zero attached hydrogens (tertiary/aromatic N) is 1. The summed E-state index contributed by atoms with van der Waals surface area (Å²) in [6.07, 6.45) is -3.76. The lowest BCUT2D eigenvalue weighted by molar-refractivity contribution is -0.0455. The van der Waals surface area contributed by atoms with E-state index in [1.807, 2.05) is 0 Å². The number of alkyl halides is 6. The maximum Gasteiger partial charge on any atom is 0.469 e. The van der Waals surface area contributed by atoms with Gasteiger partial charge in [-0.2, -0.15) is 26.3 Å². The Morgan fingerprint density at radius 3 is 2.03 bits per heavy atom. The number of benzene rings is 2. The van der Waals surface area contributed by atoms with Gasteiger partial charge in [-0.05, 0) is 36.8 Å². The minimum atomic E-state index is -6.95. The van der Waals surface area contributed by atoms with Crippen LogP contribution in [0.3, 0.4) is 0 Å². The average molecular weight is 581 g/mol. The van der Waals surface area contributed by atoms with E-state index in [0.29, 0.717) is 11.1 Å². The van der Waals surface area contributed by atoms with Gasteiger partial charge in [0.25, 0.3) is 0 Å². The van der Waals surface area contributed by atoms with Crippen molar-refractivity contribution in [1.82, 2.24) is 4.57 Å². The predicted molar refractivity (Wildman–Crippen MR) is 127 cm³/mol. The lowest BCUT2D eigenvalue weighted by atomic mass is 10.0. The molecule has 0 radical (unpaired) electrons. The van der Waals surface area contributed by atoms with Gasteiger partial charge in [-0.1, -0.05) is 46.3 Å². The first-order chi connectivity index (χ1) is 17.4. The standard InChI is InChI=1S/C24H20F6NO5S2/c1-15-11-12-19-17(13-15)18(14-21(37(33,34)23(25,26)27)38(35,36)24(28,29)30)22(31(19)2)20(32)10-6-9-16-7-4-3-5-8-16/h3-5,7-8,11-13,20,32H,10,14H2,1-2H3/q-1. The van der Waals surface area contributed by atoms with Gasteiger partial charge in [0.05, 0.1) is 0 Å². The summed E-state index contributed by atoms with van der Waals surface area (Å²) in [5.41, 5.74) is -12.2. The highest BCUT2D eigenvalue weighted by Gasteiger charge is 2.54. The number of hydrogen-bond acceptors (Lipinski definition) is 5. The molecule has 0 aliphatic carbocycles. The molecule has 14 heteroatoms. The van der Waals surface area contributed by atoms with Crippen LogP contribution < -0.4 is 0 Å². The number of aliphatic hydroxyl groups excluding tert-OH is 1. The first-order valence-corrected chi connectivity index (χ1v) is 13.6. The van der Waals surface area contributed by atoms with Crippen LogP contribution in [0, 0.1) is 23.3 Å². The maximum absolute atomic E-state index is 13.4. The Hall–Kier alpha value is -3.02. The summed E-state index contributed by atoms with van der Waals surface area (Å²) in [6, 6.07) is 12.8. The van der Waals surface area contributed by atoms with Gasteiger partial charge < -0.3 is 9.67 Å². The fraction of sp³-hybridized carbons (Fsp3) is 0.292. The minimum absolute atomic E-state index is 0.0233. The number of aliphatic hydroxyl groups is 1. The third kappa shape index (κ3) is 5.55. The third-order valence-electron chi connectivity index (χ3n) is 5.66. The Kier molecular flexibility index (Phi) is 7.98. The van der Waals surface area contributed by atoms with Crippen molar-refractivity contribution in [3.8, 4) is 11.8 Å². The van der Waals surface area contributed by atoms with Crippen molar-refractivity contribution in [3.05, 3.63) is 75.5 Å². The van der Waals surface area contributed by atoms with Crippen molar-refractivity contribution in [3.63, 3.8) is 0 Å². The van der Waals surface area contributed by atoms with Crippen LogP contribution in [0.2, 0.25) is 0 Å². The maximum atomic E-state index is 13.4. The van der Waals surface area contributed by atoms with Crippen LogP contribution in [0.4, 0.5) is 26.3 Å². The predicted octanol–water partition coefficient (Wildman–Crippen LogP) is 4.86. The molecule has 0 saturated carbocycles. The fourth-order valence-corrected chi connectivity index (χ4v) is 6.78. The second kappa shape index (κ2) is 10.3. The molecule has 0 spiro atoms. The molecule has 1 aromatic heterocycles. The number of aryl methyl sites for hydroxylation is 2. The first kappa shape index (κ1) is 29.5. The van der Waals surface area contributed by atoms with Gasteiger partial charge in [0, 0.05) is 35.6 Å². The van der Waals surface area contributed by atoms with Gasteiger partial charge in [0.2, 0.25) is 0 Å². The molecular weight excluding hydrogens is 560 g/mol. The van der Waals surface area contributed by atoms with E-state index >= 15 is 0 Å². The molecule has 1 heterocycles. The van der Waals surface area contributed by atoms with Crippen LogP contribution in [0.15, 0.2) is 48.5 Å². The Labute approximate surface area is 214 Å². The Morgan fingerprint density at radius 2 is 1.50 bits per heavy atom. The number of fused-ring (bicyclic) bond motifs is 1. The summed E-state index contributed by atoms with van der Waals surface area (Å²) < 4.78 is 127. The van der Waals surface area contributed by atoms with Gasteiger partial charge >= 0.3 is 11.0 Å². The molecule has 2 aromatic carbocycles. The van der Waals surface area contributed by atoms with Gasteiger partial charge in [0.15, 0.2) is 0 Å². The third-order valence-corrected chi connectivity index (χ3v) is 9.68. The minimum Gasteiger partial charge on any atom is -0.386 e. The summed E-state index contributed by atoms with van der Waals surface area (Å²) in [5.74, 6) is 5.40. The summed E-state index contributed by atoms with van der Waals surface area (Å²) in [4.78, 5) is 0. The summed E-state index contributed by atoms with van der Waals surface area (Å²) in [7, 11) is -12.6. The van der Waals surface area contributed by atoms with E-state index in [1.54, 1.807) is 43.3 Å². The van der Waals surface area contributed by atoms with Gasteiger partial charge in [-0.25, -0.2) is 0 Å². The van der Waals surface area contributed by atoms with E-state index in [9.17, 15) is 48.3 Å². The van der Waals surface area contributed by atoms with E-state index in [-0.39, 0.29) is 23.0 Å². The van der Waals surface area contributed by atoms with Crippen LogP contribution in [-0.4, -0.2) is 37.5 Å². The molecule has 3 aromatic rings. The molecule has 1 atom stereocenters. The second-order valence-electron chi connectivity index (χ2n) is 8.28. The molecular formula is C24H20F6NO5S2-. The second-order valence-corrected chi connectivity index (χ2v) is 12.5. The highest BCUT2D eigenvalue weighted by molar-refractivity contribution is 8.13. The van der Waals surface area contributed by atoms with E-state index < -0.39 is 53.4 Å². The van der Waals surface area contributed by atoms with Gasteiger partial charge in [0.1, 0.15) is 25.8 Å². The number of halogens is 6. The highest BCUT2D eigenvalue weighted by atomic mass is 32.3. The number of aromatic nitrogens is 1. The van der Waals surface area contributed by atoms with Crippen LogP contribution in [0.25, 0.3) is 10.9 Å². The zero-order valence-corrected chi connectivity index (χ0v) is 21.4. The lowest BCUT2D eigenvalue weighted by Gasteiger charge is -2.32. The molecule has 0 fully saturated rings. The van der Waals surface area contributed by atoms with Crippen molar-refractivity contribution in [2.24, 2.45) is 7.05 Å². The molecule has 38 heavy (non-hydrogen) atoms. The molecule has 206 valence electrons. The zero-order valence-electron chi connectivity index (χ0n) is 19.7. The smallest absolute Gasteiger partial charge is 0.386 e. The van der Waals surface area contributed by atoms with E-state index in [4.69, 9.17) is 0 Å². The molecule has 0 aliphatic heterocycles.